The Hall–Kier alpha value is -2.57. The van der Waals surface area contributed by atoms with Crippen molar-refractivity contribution in [1.29, 1.82) is 0 Å². The predicted octanol–water partition coefficient (Wildman–Crippen LogP) is 2.27. The number of hydrogen-bond donors (Lipinski definition) is 1. The van der Waals surface area contributed by atoms with Gasteiger partial charge in [0.25, 0.3) is 5.91 Å². The van der Waals surface area contributed by atoms with E-state index in [2.05, 4.69) is 4.98 Å². The highest BCUT2D eigenvalue weighted by Gasteiger charge is 2.21. The van der Waals surface area contributed by atoms with Gasteiger partial charge in [-0.25, -0.2) is 18.2 Å². The third-order valence-electron chi connectivity index (χ3n) is 2.61. The zero-order valence-electron chi connectivity index (χ0n) is 10.3. The van der Waals surface area contributed by atoms with Crippen molar-refractivity contribution in [2.45, 2.75) is 0 Å². The maximum atomic E-state index is 14.0. The molecule has 0 saturated carbocycles. The summed E-state index contributed by atoms with van der Waals surface area (Å²) in [4.78, 5) is 14.6. The Morgan fingerprint density at radius 2 is 1.80 bits per heavy atom. The average Bonchev–Trinajstić information content (AvgIpc) is 2.40. The lowest BCUT2D eigenvalue weighted by Gasteiger charge is -2.09. The molecule has 20 heavy (non-hydrogen) atoms. The van der Waals surface area contributed by atoms with Gasteiger partial charge >= 0.3 is 0 Å². The number of methoxy groups -OCH3 is 1. The zero-order chi connectivity index (χ0) is 14.9. The number of amides is 1. The molecule has 2 rings (SSSR count). The summed E-state index contributed by atoms with van der Waals surface area (Å²) in [5, 5.41) is 0. The van der Waals surface area contributed by atoms with Crippen LogP contribution >= 0.6 is 0 Å². The Balaban J connectivity index is 2.74. The van der Waals surface area contributed by atoms with Crippen molar-refractivity contribution in [1.82, 2.24) is 4.98 Å². The van der Waals surface area contributed by atoms with E-state index in [0.717, 1.165) is 24.3 Å². The summed E-state index contributed by atoms with van der Waals surface area (Å²) in [6.45, 7) is 0. The van der Waals surface area contributed by atoms with Gasteiger partial charge in [-0.15, -0.1) is 0 Å². The van der Waals surface area contributed by atoms with Crippen LogP contribution in [0.1, 0.15) is 10.5 Å². The van der Waals surface area contributed by atoms with E-state index in [4.69, 9.17) is 10.5 Å². The minimum absolute atomic E-state index is 0.271. The molecule has 4 nitrogen and oxygen atoms in total. The van der Waals surface area contributed by atoms with E-state index < -0.39 is 34.6 Å². The molecule has 0 aliphatic carbocycles. The molecule has 0 aliphatic rings. The fourth-order valence-corrected chi connectivity index (χ4v) is 1.66. The average molecular weight is 282 g/mol. The lowest BCUT2D eigenvalue weighted by Crippen LogP contribution is -2.14. The van der Waals surface area contributed by atoms with Crippen LogP contribution in [0.25, 0.3) is 11.3 Å². The first-order valence-corrected chi connectivity index (χ1v) is 5.44. The number of nitrogens with two attached hydrogens (primary N) is 1. The SMILES string of the molecule is COc1ccc(F)c(-c2nc(C(N)=O)ccc2F)c1F. The number of pyridine rings is 1. The zero-order valence-corrected chi connectivity index (χ0v) is 10.3. The van der Waals surface area contributed by atoms with Gasteiger partial charge in [-0.05, 0) is 24.3 Å². The van der Waals surface area contributed by atoms with Gasteiger partial charge in [0, 0.05) is 0 Å². The molecular formula is C13H9F3N2O2. The second-order valence-electron chi connectivity index (χ2n) is 3.83. The molecule has 0 aliphatic heterocycles. The second kappa shape index (κ2) is 5.20. The van der Waals surface area contributed by atoms with Crippen LogP contribution in [0.5, 0.6) is 5.75 Å². The van der Waals surface area contributed by atoms with Crippen molar-refractivity contribution in [2.24, 2.45) is 5.73 Å². The Morgan fingerprint density at radius 3 is 2.40 bits per heavy atom. The van der Waals surface area contributed by atoms with E-state index in [1.54, 1.807) is 0 Å². The van der Waals surface area contributed by atoms with E-state index >= 15 is 0 Å². The lowest BCUT2D eigenvalue weighted by atomic mass is 10.1. The summed E-state index contributed by atoms with van der Waals surface area (Å²) >= 11 is 0. The van der Waals surface area contributed by atoms with Gasteiger partial charge in [-0.2, -0.15) is 0 Å². The van der Waals surface area contributed by atoms with Crippen molar-refractivity contribution in [3.63, 3.8) is 0 Å². The molecule has 1 amide bonds. The van der Waals surface area contributed by atoms with Crippen LogP contribution in [0.15, 0.2) is 24.3 Å². The van der Waals surface area contributed by atoms with E-state index in [-0.39, 0.29) is 11.4 Å². The number of ether oxygens (including phenoxy) is 1. The Labute approximate surface area is 112 Å². The van der Waals surface area contributed by atoms with Crippen LogP contribution in [0.4, 0.5) is 13.2 Å². The first kappa shape index (κ1) is 13.9. The fraction of sp³-hybridized carbons (Fsp3) is 0.0769. The number of benzene rings is 1. The molecule has 7 heteroatoms. The van der Waals surface area contributed by atoms with Gasteiger partial charge < -0.3 is 10.5 Å². The van der Waals surface area contributed by atoms with Crippen molar-refractivity contribution >= 4 is 5.91 Å². The molecule has 0 saturated heterocycles. The number of rotatable bonds is 3. The van der Waals surface area contributed by atoms with E-state index in [1.807, 2.05) is 0 Å². The van der Waals surface area contributed by atoms with Gasteiger partial charge in [0.15, 0.2) is 11.6 Å². The summed E-state index contributed by atoms with van der Waals surface area (Å²) in [6.07, 6.45) is 0. The smallest absolute Gasteiger partial charge is 0.267 e. The Morgan fingerprint density at radius 1 is 1.15 bits per heavy atom. The first-order chi connectivity index (χ1) is 9.45. The van der Waals surface area contributed by atoms with Gasteiger partial charge in [-0.3, -0.25) is 4.79 Å². The highest BCUT2D eigenvalue weighted by Crippen LogP contribution is 2.32. The van der Waals surface area contributed by atoms with E-state index in [0.29, 0.717) is 0 Å². The fourth-order valence-electron chi connectivity index (χ4n) is 1.66. The molecule has 0 unspecified atom stereocenters. The molecule has 2 N–H and O–H groups in total. The standard InChI is InChI=1S/C13H9F3N2O2/c1-20-9-5-3-6(14)10(11(9)16)12-7(15)2-4-8(18-12)13(17)19/h2-5H,1H3,(H2,17,19). The van der Waals surface area contributed by atoms with Crippen molar-refractivity contribution < 1.29 is 22.7 Å². The Kier molecular flexibility index (Phi) is 3.60. The van der Waals surface area contributed by atoms with Crippen molar-refractivity contribution in [3.8, 4) is 17.0 Å². The number of carbonyl (C=O) groups is 1. The topological polar surface area (TPSA) is 65.2 Å². The number of aromatic nitrogens is 1. The Bertz CT molecular complexity index is 690. The van der Waals surface area contributed by atoms with Gasteiger partial charge in [0.1, 0.15) is 23.0 Å². The normalized spacial score (nSPS) is 10.4. The molecular weight excluding hydrogens is 273 g/mol. The maximum absolute atomic E-state index is 14.0. The number of hydrogen-bond acceptors (Lipinski definition) is 3. The lowest BCUT2D eigenvalue weighted by molar-refractivity contribution is 0.0995. The molecule has 0 fully saturated rings. The molecule has 0 radical (unpaired) electrons. The summed E-state index contributed by atoms with van der Waals surface area (Å²) in [6, 6.07) is 3.86. The summed E-state index contributed by atoms with van der Waals surface area (Å²) in [7, 11) is 1.18. The third kappa shape index (κ3) is 2.29. The van der Waals surface area contributed by atoms with E-state index in [1.165, 1.54) is 7.11 Å². The monoisotopic (exact) mass is 282 g/mol. The third-order valence-corrected chi connectivity index (χ3v) is 2.61. The minimum Gasteiger partial charge on any atom is -0.494 e. The van der Waals surface area contributed by atoms with Gasteiger partial charge in [-0.1, -0.05) is 0 Å². The number of halogens is 3. The highest BCUT2D eigenvalue weighted by atomic mass is 19.1. The molecule has 104 valence electrons. The molecule has 1 aromatic heterocycles. The number of nitrogens with zero attached hydrogens (tertiary/aromatic N) is 1. The minimum atomic E-state index is -1.11. The molecule has 1 heterocycles. The summed E-state index contributed by atoms with van der Waals surface area (Å²) in [5.74, 6) is -4.33. The van der Waals surface area contributed by atoms with Crippen LogP contribution in [0, 0.1) is 17.5 Å². The van der Waals surface area contributed by atoms with Crippen molar-refractivity contribution in [3.05, 3.63) is 47.4 Å². The van der Waals surface area contributed by atoms with Gasteiger partial charge in [0.05, 0.1) is 12.7 Å². The van der Waals surface area contributed by atoms with Crippen LogP contribution in [0.3, 0.4) is 0 Å². The largest absolute Gasteiger partial charge is 0.494 e. The van der Waals surface area contributed by atoms with Crippen LogP contribution < -0.4 is 10.5 Å². The van der Waals surface area contributed by atoms with Crippen LogP contribution in [0.2, 0.25) is 0 Å². The predicted molar refractivity (Wildman–Crippen MR) is 64.6 cm³/mol. The number of carbonyl (C=O) groups excluding carboxylic acids is 1. The maximum Gasteiger partial charge on any atom is 0.267 e. The van der Waals surface area contributed by atoms with Crippen molar-refractivity contribution in [2.75, 3.05) is 7.11 Å². The quantitative estimate of drug-likeness (QED) is 0.939. The highest BCUT2D eigenvalue weighted by molar-refractivity contribution is 5.91. The molecule has 1 aromatic carbocycles. The molecule has 0 atom stereocenters. The number of primary amides is 1. The second-order valence-corrected chi connectivity index (χ2v) is 3.83. The van der Waals surface area contributed by atoms with E-state index in [9.17, 15) is 18.0 Å². The molecule has 2 aromatic rings. The molecule has 0 bridgehead atoms. The van der Waals surface area contributed by atoms with Crippen LogP contribution in [-0.4, -0.2) is 18.0 Å². The molecule has 0 spiro atoms. The van der Waals surface area contributed by atoms with Gasteiger partial charge in [0.2, 0.25) is 0 Å². The first-order valence-electron chi connectivity index (χ1n) is 5.44. The summed E-state index contributed by atoms with van der Waals surface area (Å²) < 4.78 is 46.2. The summed E-state index contributed by atoms with van der Waals surface area (Å²) in [5.41, 5.74) is 3.34. The van der Waals surface area contributed by atoms with Crippen LogP contribution in [-0.2, 0) is 0 Å².